The van der Waals surface area contributed by atoms with Crippen molar-refractivity contribution in [2.45, 2.75) is 52.7 Å². The minimum Gasteiger partial charge on any atom is -0.444 e. The summed E-state index contributed by atoms with van der Waals surface area (Å²) in [5.74, 6) is 0. The van der Waals surface area contributed by atoms with Crippen molar-refractivity contribution in [1.82, 2.24) is 9.80 Å². The maximum atomic E-state index is 12.0. The van der Waals surface area contributed by atoms with Crippen LogP contribution in [-0.4, -0.2) is 53.3 Å². The predicted octanol–water partition coefficient (Wildman–Crippen LogP) is 2.99. The van der Waals surface area contributed by atoms with Gasteiger partial charge in [-0.15, -0.1) is 0 Å². The first-order valence-electron chi connectivity index (χ1n) is 7.03. The van der Waals surface area contributed by atoms with Crippen LogP contribution in [0.5, 0.6) is 0 Å². The van der Waals surface area contributed by atoms with Crippen LogP contribution < -0.4 is 0 Å². The molecule has 1 aliphatic rings. The van der Waals surface area contributed by atoms with Crippen LogP contribution in [0.15, 0.2) is 11.8 Å². The maximum Gasteiger partial charge on any atom is 0.414 e. The van der Waals surface area contributed by atoms with E-state index in [1.54, 1.807) is 11.9 Å². The molecular weight excluding hydrogens is 272 g/mol. The fourth-order valence-electron chi connectivity index (χ4n) is 1.70. The predicted molar refractivity (Wildman–Crippen MR) is 79.9 cm³/mol. The SMILES string of the molecule is CN(C(=O)OC(C)(C)C)C1=CCN(C(=O)OC(C)(C)C)C1. The average molecular weight is 298 g/mol. The molecular formula is C15H26N2O4. The van der Waals surface area contributed by atoms with Crippen molar-refractivity contribution in [3.63, 3.8) is 0 Å². The molecule has 0 unspecified atom stereocenters. The smallest absolute Gasteiger partial charge is 0.414 e. The Morgan fingerprint density at radius 2 is 1.62 bits per heavy atom. The molecule has 0 bridgehead atoms. The normalized spacial score (nSPS) is 15.6. The summed E-state index contributed by atoms with van der Waals surface area (Å²) in [5, 5.41) is 0. The number of carbonyl (C=O) groups excluding carboxylic acids is 2. The van der Waals surface area contributed by atoms with Crippen molar-refractivity contribution >= 4 is 12.2 Å². The molecule has 6 nitrogen and oxygen atoms in total. The summed E-state index contributed by atoms with van der Waals surface area (Å²) in [4.78, 5) is 26.9. The van der Waals surface area contributed by atoms with Gasteiger partial charge in [-0.2, -0.15) is 0 Å². The average Bonchev–Trinajstić information content (AvgIpc) is 2.72. The van der Waals surface area contributed by atoms with Gasteiger partial charge < -0.3 is 9.47 Å². The van der Waals surface area contributed by atoms with Crippen molar-refractivity contribution in [3.8, 4) is 0 Å². The highest BCUT2D eigenvalue weighted by molar-refractivity contribution is 5.72. The lowest BCUT2D eigenvalue weighted by Gasteiger charge is -2.27. The van der Waals surface area contributed by atoms with E-state index in [2.05, 4.69) is 0 Å². The first kappa shape index (κ1) is 17.3. The second-order valence-electron chi connectivity index (χ2n) is 7.10. The van der Waals surface area contributed by atoms with Gasteiger partial charge in [0.1, 0.15) is 11.2 Å². The summed E-state index contributed by atoms with van der Waals surface area (Å²) in [5.41, 5.74) is -0.346. The third-order valence-electron chi connectivity index (χ3n) is 2.65. The van der Waals surface area contributed by atoms with Gasteiger partial charge in [-0.3, -0.25) is 9.80 Å². The second kappa shape index (κ2) is 5.95. The molecule has 21 heavy (non-hydrogen) atoms. The maximum absolute atomic E-state index is 12.0. The van der Waals surface area contributed by atoms with Gasteiger partial charge in [-0.1, -0.05) is 0 Å². The molecule has 1 rings (SSSR count). The van der Waals surface area contributed by atoms with Crippen LogP contribution in [0.4, 0.5) is 9.59 Å². The Morgan fingerprint density at radius 3 is 2.10 bits per heavy atom. The quantitative estimate of drug-likeness (QED) is 0.746. The summed E-state index contributed by atoms with van der Waals surface area (Å²) < 4.78 is 10.6. The zero-order chi connectivity index (χ0) is 16.4. The first-order chi connectivity index (χ1) is 9.39. The van der Waals surface area contributed by atoms with Gasteiger partial charge in [0.15, 0.2) is 0 Å². The van der Waals surface area contributed by atoms with E-state index in [0.717, 1.165) is 5.70 Å². The molecule has 120 valence electrons. The molecule has 0 aromatic heterocycles. The number of amides is 2. The highest BCUT2D eigenvalue weighted by Gasteiger charge is 2.29. The Hall–Kier alpha value is -1.72. The van der Waals surface area contributed by atoms with Crippen molar-refractivity contribution in [3.05, 3.63) is 11.8 Å². The zero-order valence-corrected chi connectivity index (χ0v) is 14.0. The van der Waals surface area contributed by atoms with Crippen LogP contribution in [0.1, 0.15) is 41.5 Å². The Labute approximate surface area is 126 Å². The van der Waals surface area contributed by atoms with E-state index in [9.17, 15) is 9.59 Å². The molecule has 0 saturated carbocycles. The van der Waals surface area contributed by atoms with E-state index < -0.39 is 17.3 Å². The first-order valence-corrected chi connectivity index (χ1v) is 7.03. The Bertz CT molecular complexity index is 444. The minimum atomic E-state index is -0.546. The highest BCUT2D eigenvalue weighted by atomic mass is 16.6. The van der Waals surface area contributed by atoms with E-state index in [1.165, 1.54) is 4.90 Å². The monoisotopic (exact) mass is 298 g/mol. The van der Waals surface area contributed by atoms with Crippen LogP contribution >= 0.6 is 0 Å². The van der Waals surface area contributed by atoms with E-state index in [-0.39, 0.29) is 6.09 Å². The molecule has 0 radical (unpaired) electrons. The highest BCUT2D eigenvalue weighted by Crippen LogP contribution is 2.19. The molecule has 1 aliphatic heterocycles. The van der Waals surface area contributed by atoms with E-state index in [0.29, 0.717) is 13.1 Å². The summed E-state index contributed by atoms with van der Waals surface area (Å²) in [6, 6.07) is 0. The number of likely N-dealkylation sites (N-methyl/N-ethyl adjacent to an activating group) is 1. The van der Waals surface area contributed by atoms with Crippen LogP contribution in [0, 0.1) is 0 Å². The van der Waals surface area contributed by atoms with Gasteiger partial charge in [0, 0.05) is 19.3 Å². The number of carbonyl (C=O) groups is 2. The van der Waals surface area contributed by atoms with Gasteiger partial charge in [-0.05, 0) is 47.6 Å². The lowest BCUT2D eigenvalue weighted by molar-refractivity contribution is 0.0259. The molecule has 0 fully saturated rings. The van der Waals surface area contributed by atoms with Crippen molar-refractivity contribution in [2.75, 3.05) is 20.1 Å². The molecule has 0 atom stereocenters. The van der Waals surface area contributed by atoms with Crippen molar-refractivity contribution < 1.29 is 19.1 Å². The molecule has 0 aliphatic carbocycles. The van der Waals surface area contributed by atoms with E-state index >= 15 is 0 Å². The molecule has 1 heterocycles. The third kappa shape index (κ3) is 5.65. The van der Waals surface area contributed by atoms with Gasteiger partial charge in [0.05, 0.1) is 6.54 Å². The zero-order valence-electron chi connectivity index (χ0n) is 14.0. The van der Waals surface area contributed by atoms with Crippen LogP contribution in [0.25, 0.3) is 0 Å². The Kier molecular flexibility index (Phi) is 4.91. The molecule has 2 amide bonds. The molecule has 0 spiro atoms. The van der Waals surface area contributed by atoms with Gasteiger partial charge in [0.2, 0.25) is 0 Å². The molecule has 6 heteroatoms. The fourth-order valence-corrected chi connectivity index (χ4v) is 1.70. The standard InChI is InChI=1S/C15H26N2O4/c1-14(2,3)20-12(18)16(7)11-8-9-17(10-11)13(19)21-15(4,5)6/h8H,9-10H2,1-7H3. The fraction of sp³-hybridized carbons (Fsp3) is 0.733. The number of rotatable bonds is 1. The topological polar surface area (TPSA) is 59.1 Å². The lowest BCUT2D eigenvalue weighted by Crippen LogP contribution is -2.38. The summed E-state index contributed by atoms with van der Waals surface area (Å²) in [7, 11) is 1.64. The minimum absolute atomic E-state index is 0.338. The van der Waals surface area contributed by atoms with Crippen molar-refractivity contribution in [2.24, 2.45) is 0 Å². The van der Waals surface area contributed by atoms with E-state index in [4.69, 9.17) is 9.47 Å². The summed E-state index contributed by atoms with van der Waals surface area (Å²) in [6.07, 6.45) is 1.01. The van der Waals surface area contributed by atoms with Crippen LogP contribution in [-0.2, 0) is 9.47 Å². The number of ether oxygens (including phenoxy) is 2. The van der Waals surface area contributed by atoms with Crippen LogP contribution in [0.2, 0.25) is 0 Å². The number of hydrogen-bond acceptors (Lipinski definition) is 4. The lowest BCUT2D eigenvalue weighted by atomic mass is 10.2. The molecule has 0 saturated heterocycles. The third-order valence-corrected chi connectivity index (χ3v) is 2.65. The summed E-state index contributed by atoms with van der Waals surface area (Å²) in [6.45, 7) is 11.7. The molecule has 0 aromatic carbocycles. The number of nitrogens with zero attached hydrogens (tertiary/aromatic N) is 2. The Balaban J connectivity index is 2.57. The molecule has 0 N–H and O–H groups in total. The summed E-state index contributed by atoms with van der Waals surface area (Å²) >= 11 is 0. The van der Waals surface area contributed by atoms with Gasteiger partial charge >= 0.3 is 12.2 Å². The van der Waals surface area contributed by atoms with E-state index in [1.807, 2.05) is 47.6 Å². The second-order valence-corrected chi connectivity index (χ2v) is 7.10. The molecule has 0 aromatic rings. The van der Waals surface area contributed by atoms with Crippen molar-refractivity contribution in [1.29, 1.82) is 0 Å². The number of hydrogen-bond donors (Lipinski definition) is 0. The largest absolute Gasteiger partial charge is 0.444 e. The van der Waals surface area contributed by atoms with Gasteiger partial charge in [-0.25, -0.2) is 9.59 Å². The Morgan fingerprint density at radius 1 is 1.10 bits per heavy atom. The van der Waals surface area contributed by atoms with Gasteiger partial charge in [0.25, 0.3) is 0 Å². The van der Waals surface area contributed by atoms with Crippen LogP contribution in [0.3, 0.4) is 0 Å².